The summed E-state index contributed by atoms with van der Waals surface area (Å²) in [5.41, 5.74) is 7.67. The zero-order valence-electron chi connectivity index (χ0n) is 7.40. The number of rotatable bonds is 2. The third kappa shape index (κ3) is 1.66. The van der Waals surface area contributed by atoms with Gasteiger partial charge >= 0.3 is 0 Å². The van der Waals surface area contributed by atoms with Crippen LogP contribution in [0.25, 0.3) is 10.4 Å². The molecule has 4 heteroatoms. The molecule has 0 radical (unpaired) electrons. The average Bonchev–Trinajstić information content (AvgIpc) is 2.61. The second-order valence-corrected chi connectivity index (χ2v) is 3.98. The lowest BCUT2D eigenvalue weighted by Crippen LogP contribution is -1.96. The number of nitrogens with two attached hydrogens (primary N) is 1. The van der Waals surface area contributed by atoms with E-state index >= 15 is 0 Å². The van der Waals surface area contributed by atoms with Crippen molar-refractivity contribution in [3.05, 3.63) is 41.0 Å². The van der Waals surface area contributed by atoms with E-state index in [1.165, 1.54) is 11.5 Å². The molecule has 2 aromatic rings. The van der Waals surface area contributed by atoms with E-state index < -0.39 is 0 Å². The lowest BCUT2D eigenvalue weighted by molar-refractivity contribution is 1.08. The Morgan fingerprint density at radius 1 is 1.29 bits per heavy atom. The molecule has 2 rings (SSSR count). The van der Waals surface area contributed by atoms with Crippen LogP contribution in [0.3, 0.4) is 0 Å². The van der Waals surface area contributed by atoms with Gasteiger partial charge in [-0.1, -0.05) is 41.9 Å². The van der Waals surface area contributed by atoms with E-state index in [9.17, 15) is 0 Å². The van der Waals surface area contributed by atoms with Crippen LogP contribution in [0.15, 0.2) is 30.3 Å². The smallest absolute Gasteiger partial charge is 0.147 e. The van der Waals surface area contributed by atoms with Gasteiger partial charge in [-0.05, 0) is 17.1 Å². The number of nitrogens with zero attached hydrogens (tertiary/aromatic N) is 1. The highest BCUT2D eigenvalue weighted by Crippen LogP contribution is 2.32. The summed E-state index contributed by atoms with van der Waals surface area (Å²) in [6.07, 6.45) is 0. The van der Waals surface area contributed by atoms with Gasteiger partial charge in [0.15, 0.2) is 0 Å². The predicted molar refractivity (Wildman–Crippen MR) is 60.5 cm³/mol. The molecule has 1 aromatic carbocycles. The van der Waals surface area contributed by atoms with Crippen molar-refractivity contribution < 1.29 is 0 Å². The molecule has 0 aliphatic carbocycles. The van der Waals surface area contributed by atoms with Crippen molar-refractivity contribution in [1.29, 1.82) is 0 Å². The number of hydrogen-bond acceptors (Lipinski definition) is 3. The van der Waals surface area contributed by atoms with Crippen LogP contribution in [-0.2, 0) is 6.54 Å². The molecular weight excluding hydrogens is 216 g/mol. The minimum absolute atomic E-state index is 0.430. The highest BCUT2D eigenvalue weighted by Gasteiger charge is 2.11. The third-order valence-electron chi connectivity index (χ3n) is 1.98. The predicted octanol–water partition coefficient (Wildman–Crippen LogP) is 2.92. The number of hydrogen-bond donors (Lipinski definition) is 1. The molecule has 14 heavy (non-hydrogen) atoms. The molecule has 0 atom stereocenters. The van der Waals surface area contributed by atoms with Gasteiger partial charge in [0.05, 0.1) is 4.88 Å². The Morgan fingerprint density at radius 2 is 2.00 bits per heavy atom. The van der Waals surface area contributed by atoms with Gasteiger partial charge in [0, 0.05) is 12.1 Å². The van der Waals surface area contributed by atoms with E-state index in [0.29, 0.717) is 11.7 Å². The monoisotopic (exact) mass is 224 g/mol. The maximum absolute atomic E-state index is 5.91. The summed E-state index contributed by atoms with van der Waals surface area (Å²) in [4.78, 5) is 1.07. The number of halogens is 1. The van der Waals surface area contributed by atoms with Crippen molar-refractivity contribution in [2.75, 3.05) is 0 Å². The zero-order chi connectivity index (χ0) is 9.97. The lowest BCUT2D eigenvalue weighted by Gasteiger charge is -1.99. The first-order chi connectivity index (χ1) is 6.83. The summed E-state index contributed by atoms with van der Waals surface area (Å²) in [6, 6.07) is 10.0. The Kier molecular flexibility index (Phi) is 2.82. The van der Waals surface area contributed by atoms with E-state index in [-0.39, 0.29) is 0 Å². The first-order valence-corrected chi connectivity index (χ1v) is 5.37. The van der Waals surface area contributed by atoms with E-state index in [4.69, 9.17) is 17.3 Å². The van der Waals surface area contributed by atoms with Crippen LogP contribution in [0, 0.1) is 0 Å². The summed E-state index contributed by atoms with van der Waals surface area (Å²) < 4.78 is 4.09. The largest absolute Gasteiger partial charge is 0.326 e. The fourth-order valence-electron chi connectivity index (χ4n) is 1.28. The van der Waals surface area contributed by atoms with Gasteiger partial charge < -0.3 is 5.73 Å². The molecule has 0 aliphatic rings. The number of aromatic nitrogens is 1. The Balaban J connectivity index is 2.52. The average molecular weight is 225 g/mol. The van der Waals surface area contributed by atoms with Crippen LogP contribution < -0.4 is 5.73 Å². The standard InChI is InChI=1S/C10H9ClN2S/c11-10-8(6-12)9(14-13-10)7-4-2-1-3-5-7/h1-5H,6,12H2. The summed E-state index contributed by atoms with van der Waals surface area (Å²) in [5, 5.41) is 0.524. The third-order valence-corrected chi connectivity index (χ3v) is 3.33. The van der Waals surface area contributed by atoms with Crippen molar-refractivity contribution in [2.45, 2.75) is 6.54 Å². The molecule has 0 saturated heterocycles. The molecule has 0 spiro atoms. The summed E-state index contributed by atoms with van der Waals surface area (Å²) in [7, 11) is 0. The van der Waals surface area contributed by atoms with Crippen LogP contribution >= 0.6 is 23.1 Å². The maximum Gasteiger partial charge on any atom is 0.147 e. The minimum atomic E-state index is 0.430. The molecule has 2 nitrogen and oxygen atoms in total. The lowest BCUT2D eigenvalue weighted by atomic mass is 10.1. The first kappa shape index (κ1) is 9.65. The van der Waals surface area contributed by atoms with Gasteiger partial charge in [0.1, 0.15) is 5.15 Å². The van der Waals surface area contributed by atoms with E-state index in [1.54, 1.807) is 0 Å². The Labute approximate surface area is 91.5 Å². The highest BCUT2D eigenvalue weighted by molar-refractivity contribution is 7.10. The molecule has 0 bridgehead atoms. The summed E-state index contributed by atoms with van der Waals surface area (Å²) >= 11 is 7.31. The van der Waals surface area contributed by atoms with Crippen LogP contribution in [0.4, 0.5) is 0 Å². The summed E-state index contributed by atoms with van der Waals surface area (Å²) in [6.45, 7) is 0.430. The topological polar surface area (TPSA) is 38.9 Å². The van der Waals surface area contributed by atoms with Gasteiger partial charge in [-0.25, -0.2) is 0 Å². The van der Waals surface area contributed by atoms with Crippen molar-refractivity contribution in [3.8, 4) is 10.4 Å². The van der Waals surface area contributed by atoms with Crippen molar-refractivity contribution >= 4 is 23.1 Å². The van der Waals surface area contributed by atoms with Crippen molar-refractivity contribution in [2.24, 2.45) is 5.73 Å². The molecule has 1 heterocycles. The van der Waals surface area contributed by atoms with E-state index in [1.807, 2.05) is 30.3 Å². The van der Waals surface area contributed by atoms with Crippen LogP contribution in [0.5, 0.6) is 0 Å². The normalized spacial score (nSPS) is 10.4. The van der Waals surface area contributed by atoms with Gasteiger partial charge in [-0.15, -0.1) is 0 Å². The molecule has 72 valence electrons. The summed E-state index contributed by atoms with van der Waals surface area (Å²) in [5.74, 6) is 0. The molecule has 0 amide bonds. The van der Waals surface area contributed by atoms with Crippen molar-refractivity contribution in [3.63, 3.8) is 0 Å². The van der Waals surface area contributed by atoms with E-state index in [0.717, 1.165) is 16.0 Å². The van der Waals surface area contributed by atoms with Gasteiger partial charge in [-0.2, -0.15) is 4.37 Å². The maximum atomic E-state index is 5.91. The molecule has 0 unspecified atom stereocenters. The van der Waals surface area contributed by atoms with Crippen LogP contribution in [0.2, 0.25) is 5.15 Å². The molecule has 1 aromatic heterocycles. The van der Waals surface area contributed by atoms with Gasteiger partial charge in [-0.3, -0.25) is 0 Å². The first-order valence-electron chi connectivity index (χ1n) is 4.22. The second-order valence-electron chi connectivity index (χ2n) is 2.85. The Hall–Kier alpha value is -0.900. The highest BCUT2D eigenvalue weighted by atomic mass is 35.5. The van der Waals surface area contributed by atoms with Crippen LogP contribution in [0.1, 0.15) is 5.56 Å². The van der Waals surface area contributed by atoms with Crippen molar-refractivity contribution in [1.82, 2.24) is 4.37 Å². The molecule has 0 aliphatic heterocycles. The Morgan fingerprint density at radius 3 is 2.64 bits per heavy atom. The van der Waals surface area contributed by atoms with Gasteiger partial charge in [0.25, 0.3) is 0 Å². The quantitative estimate of drug-likeness (QED) is 0.852. The SMILES string of the molecule is NCc1c(Cl)nsc1-c1ccccc1. The van der Waals surface area contributed by atoms with E-state index in [2.05, 4.69) is 4.37 Å². The van der Waals surface area contributed by atoms with Crippen LogP contribution in [-0.4, -0.2) is 4.37 Å². The Bertz CT molecular complexity index is 425. The number of benzene rings is 1. The molecular formula is C10H9ClN2S. The molecule has 0 saturated carbocycles. The zero-order valence-corrected chi connectivity index (χ0v) is 8.98. The molecule has 2 N–H and O–H groups in total. The second kappa shape index (κ2) is 4.09. The fourth-order valence-corrected chi connectivity index (χ4v) is 2.43. The molecule has 0 fully saturated rings. The minimum Gasteiger partial charge on any atom is -0.326 e. The fraction of sp³-hybridized carbons (Fsp3) is 0.100. The van der Waals surface area contributed by atoms with Gasteiger partial charge in [0.2, 0.25) is 0 Å².